The van der Waals surface area contributed by atoms with Gasteiger partial charge in [0.1, 0.15) is 0 Å². The van der Waals surface area contributed by atoms with E-state index in [4.69, 9.17) is 0 Å². The molecule has 0 fully saturated rings. The number of benzene rings is 1. The molecule has 0 spiro atoms. The first kappa shape index (κ1) is 15.7. The van der Waals surface area contributed by atoms with Gasteiger partial charge in [-0.3, -0.25) is 4.79 Å². The smallest absolute Gasteiger partial charge is 0.222 e. The van der Waals surface area contributed by atoms with E-state index in [2.05, 4.69) is 10.3 Å². The van der Waals surface area contributed by atoms with Crippen molar-refractivity contribution in [2.24, 2.45) is 0 Å². The second-order valence-electron chi connectivity index (χ2n) is 4.98. The summed E-state index contributed by atoms with van der Waals surface area (Å²) in [4.78, 5) is 17.5. The van der Waals surface area contributed by atoms with Crippen LogP contribution in [-0.4, -0.2) is 22.5 Å². The van der Waals surface area contributed by atoms with Crippen LogP contribution in [0, 0.1) is 13.8 Å². The van der Waals surface area contributed by atoms with E-state index < -0.39 is 6.10 Å². The molecule has 112 valence electrons. The van der Waals surface area contributed by atoms with Crippen LogP contribution in [0.2, 0.25) is 0 Å². The third kappa shape index (κ3) is 4.65. The summed E-state index contributed by atoms with van der Waals surface area (Å²) in [7, 11) is 0. The fraction of sp³-hybridized carbons (Fsp3) is 0.375. The van der Waals surface area contributed by atoms with E-state index in [-0.39, 0.29) is 12.3 Å². The molecule has 1 amide bonds. The minimum Gasteiger partial charge on any atom is -0.388 e. The summed E-state index contributed by atoms with van der Waals surface area (Å²) < 4.78 is 0. The predicted octanol–water partition coefficient (Wildman–Crippen LogP) is 2.54. The van der Waals surface area contributed by atoms with Gasteiger partial charge in [-0.2, -0.15) is 0 Å². The molecule has 5 heteroatoms. The summed E-state index contributed by atoms with van der Waals surface area (Å²) >= 11 is 1.66. The van der Waals surface area contributed by atoms with Crippen LogP contribution in [0.1, 0.15) is 33.7 Å². The summed E-state index contributed by atoms with van der Waals surface area (Å²) in [6.07, 6.45) is 0.0578. The van der Waals surface area contributed by atoms with Crippen LogP contribution in [0.15, 0.2) is 30.3 Å². The molecule has 1 atom stereocenters. The Labute approximate surface area is 128 Å². The van der Waals surface area contributed by atoms with Gasteiger partial charge in [-0.1, -0.05) is 30.3 Å². The number of carbonyl (C=O) groups is 1. The van der Waals surface area contributed by atoms with E-state index in [1.165, 1.54) is 4.88 Å². The number of aliphatic hydroxyl groups is 1. The largest absolute Gasteiger partial charge is 0.388 e. The lowest BCUT2D eigenvalue weighted by atomic mass is 10.1. The normalized spacial score (nSPS) is 12.1. The highest BCUT2D eigenvalue weighted by atomic mass is 32.1. The molecule has 0 saturated carbocycles. The highest BCUT2D eigenvalue weighted by molar-refractivity contribution is 7.11. The zero-order valence-electron chi connectivity index (χ0n) is 12.3. The van der Waals surface area contributed by atoms with Crippen molar-refractivity contribution in [3.8, 4) is 0 Å². The lowest BCUT2D eigenvalue weighted by Crippen LogP contribution is -2.27. The van der Waals surface area contributed by atoms with Crippen LogP contribution in [-0.2, 0) is 11.2 Å². The molecule has 21 heavy (non-hydrogen) atoms. The van der Waals surface area contributed by atoms with Gasteiger partial charge < -0.3 is 10.4 Å². The first-order valence-corrected chi connectivity index (χ1v) is 7.80. The number of nitrogens with zero attached hydrogens (tertiary/aromatic N) is 1. The average Bonchev–Trinajstić information content (AvgIpc) is 2.78. The highest BCUT2D eigenvalue weighted by Crippen LogP contribution is 2.17. The van der Waals surface area contributed by atoms with Gasteiger partial charge in [0.25, 0.3) is 0 Å². The fourth-order valence-corrected chi connectivity index (χ4v) is 2.93. The third-order valence-electron chi connectivity index (χ3n) is 3.30. The van der Waals surface area contributed by atoms with E-state index in [0.717, 1.165) is 22.7 Å². The highest BCUT2D eigenvalue weighted by Gasteiger charge is 2.12. The number of rotatable bonds is 6. The van der Waals surface area contributed by atoms with Gasteiger partial charge >= 0.3 is 0 Å². The lowest BCUT2D eigenvalue weighted by molar-refractivity contribution is -0.123. The molecule has 0 radical (unpaired) electrons. The van der Waals surface area contributed by atoms with Crippen molar-refractivity contribution in [2.45, 2.75) is 32.8 Å². The molecular formula is C16H20N2O2S. The summed E-state index contributed by atoms with van der Waals surface area (Å²) in [5.41, 5.74) is 1.82. The van der Waals surface area contributed by atoms with Gasteiger partial charge in [-0.15, -0.1) is 11.3 Å². The Bertz CT molecular complexity index is 576. The quantitative estimate of drug-likeness (QED) is 0.862. The molecule has 2 aromatic rings. The Morgan fingerprint density at radius 3 is 2.67 bits per heavy atom. The molecule has 1 unspecified atom stereocenters. The SMILES string of the molecule is Cc1nc(CCNC(=O)CC(O)c2ccccc2)sc1C. The number of aliphatic hydroxyl groups excluding tert-OH is 1. The van der Waals surface area contributed by atoms with Crippen molar-refractivity contribution in [3.63, 3.8) is 0 Å². The van der Waals surface area contributed by atoms with Crippen LogP contribution in [0.4, 0.5) is 0 Å². The van der Waals surface area contributed by atoms with Gasteiger partial charge in [-0.25, -0.2) is 4.98 Å². The zero-order chi connectivity index (χ0) is 15.2. The molecular weight excluding hydrogens is 284 g/mol. The van der Waals surface area contributed by atoms with Crippen molar-refractivity contribution >= 4 is 17.2 Å². The maximum Gasteiger partial charge on any atom is 0.222 e. The number of aryl methyl sites for hydroxylation is 2. The third-order valence-corrected chi connectivity index (χ3v) is 4.43. The molecule has 2 N–H and O–H groups in total. The minimum absolute atomic E-state index is 0.0833. The van der Waals surface area contributed by atoms with Crippen molar-refractivity contribution in [1.29, 1.82) is 0 Å². The lowest BCUT2D eigenvalue weighted by Gasteiger charge is -2.10. The van der Waals surface area contributed by atoms with Crippen molar-refractivity contribution in [3.05, 3.63) is 51.5 Å². The van der Waals surface area contributed by atoms with Gasteiger partial charge in [-0.05, 0) is 19.4 Å². The number of thiazole rings is 1. The molecule has 4 nitrogen and oxygen atoms in total. The Balaban J connectivity index is 1.75. The second-order valence-corrected chi connectivity index (χ2v) is 6.27. The maximum absolute atomic E-state index is 11.8. The Morgan fingerprint density at radius 1 is 1.33 bits per heavy atom. The van der Waals surface area contributed by atoms with Crippen molar-refractivity contribution in [2.75, 3.05) is 6.54 Å². The van der Waals surface area contributed by atoms with E-state index in [1.807, 2.05) is 44.2 Å². The number of nitrogens with one attached hydrogen (secondary N) is 1. The van der Waals surface area contributed by atoms with Gasteiger partial charge in [0.05, 0.1) is 23.2 Å². The van der Waals surface area contributed by atoms with Crippen LogP contribution in [0.25, 0.3) is 0 Å². The molecule has 1 heterocycles. The average molecular weight is 304 g/mol. The second kappa shape index (κ2) is 7.33. The Morgan fingerprint density at radius 2 is 2.05 bits per heavy atom. The van der Waals surface area contributed by atoms with E-state index in [0.29, 0.717) is 6.54 Å². The van der Waals surface area contributed by atoms with E-state index in [1.54, 1.807) is 11.3 Å². The molecule has 1 aromatic carbocycles. The minimum atomic E-state index is -0.754. The summed E-state index contributed by atoms with van der Waals surface area (Å²) in [6, 6.07) is 9.22. The number of amides is 1. The summed E-state index contributed by atoms with van der Waals surface area (Å²) in [6.45, 7) is 4.59. The monoisotopic (exact) mass is 304 g/mol. The number of hydrogen-bond donors (Lipinski definition) is 2. The van der Waals surface area contributed by atoms with Crippen molar-refractivity contribution < 1.29 is 9.90 Å². The molecule has 1 aromatic heterocycles. The maximum atomic E-state index is 11.8. The van der Waals surface area contributed by atoms with E-state index in [9.17, 15) is 9.90 Å². The molecule has 0 aliphatic rings. The zero-order valence-corrected chi connectivity index (χ0v) is 13.1. The topological polar surface area (TPSA) is 62.2 Å². The molecule has 0 aliphatic heterocycles. The van der Waals surface area contributed by atoms with Gasteiger partial charge in [0.15, 0.2) is 0 Å². The number of carbonyl (C=O) groups excluding carboxylic acids is 1. The van der Waals surface area contributed by atoms with Gasteiger partial charge in [0, 0.05) is 17.8 Å². The predicted molar refractivity (Wildman–Crippen MR) is 84.3 cm³/mol. The summed E-state index contributed by atoms with van der Waals surface area (Å²) in [5, 5.41) is 13.8. The standard InChI is InChI=1S/C16H20N2O2S/c1-11-12(2)21-16(18-11)8-9-17-15(20)10-14(19)13-6-4-3-5-7-13/h3-7,14,19H,8-10H2,1-2H3,(H,17,20). The molecule has 0 bridgehead atoms. The molecule has 2 rings (SSSR count). The Hall–Kier alpha value is -1.72. The van der Waals surface area contributed by atoms with Crippen LogP contribution in [0.3, 0.4) is 0 Å². The molecule has 0 saturated heterocycles. The Kier molecular flexibility index (Phi) is 5.47. The van der Waals surface area contributed by atoms with Gasteiger partial charge in [0.2, 0.25) is 5.91 Å². The van der Waals surface area contributed by atoms with Crippen LogP contribution < -0.4 is 5.32 Å². The number of aromatic nitrogens is 1. The fourth-order valence-electron chi connectivity index (χ4n) is 2.00. The first-order chi connectivity index (χ1) is 10.1. The van der Waals surface area contributed by atoms with Crippen LogP contribution in [0.5, 0.6) is 0 Å². The first-order valence-electron chi connectivity index (χ1n) is 6.99. The van der Waals surface area contributed by atoms with E-state index >= 15 is 0 Å². The number of hydrogen-bond acceptors (Lipinski definition) is 4. The summed E-state index contributed by atoms with van der Waals surface area (Å²) in [5.74, 6) is -0.142. The molecule has 0 aliphatic carbocycles. The van der Waals surface area contributed by atoms with Crippen LogP contribution >= 0.6 is 11.3 Å². The van der Waals surface area contributed by atoms with Crippen molar-refractivity contribution in [1.82, 2.24) is 10.3 Å².